The van der Waals surface area contributed by atoms with E-state index in [-0.39, 0.29) is 6.10 Å². The third kappa shape index (κ3) is 2.82. The Morgan fingerprint density at radius 2 is 1.85 bits per heavy atom. The van der Waals surface area contributed by atoms with Gasteiger partial charge in [-0.15, -0.1) is 0 Å². The van der Waals surface area contributed by atoms with E-state index in [1.165, 1.54) is 5.56 Å². The van der Waals surface area contributed by atoms with Crippen LogP contribution in [0.3, 0.4) is 0 Å². The molecular weight excluding hydrogens is 250 g/mol. The molecule has 2 aromatic carbocycles. The third-order valence-corrected chi connectivity index (χ3v) is 3.36. The summed E-state index contributed by atoms with van der Waals surface area (Å²) in [4.78, 5) is 4.49. The number of aliphatic imine (C=N–C) groups is 1. The van der Waals surface area contributed by atoms with Crippen LogP contribution in [0.15, 0.2) is 59.6 Å². The molecule has 1 aliphatic rings. The molecule has 1 atom stereocenters. The Morgan fingerprint density at radius 1 is 1.10 bits per heavy atom. The van der Waals surface area contributed by atoms with E-state index in [1.807, 2.05) is 42.5 Å². The molecule has 0 fully saturated rings. The fraction of sp³-hybridized carbons (Fsp3) is 0.235. The molecule has 0 spiro atoms. The summed E-state index contributed by atoms with van der Waals surface area (Å²) < 4.78 is 11.1. The molecule has 0 saturated heterocycles. The fourth-order valence-electron chi connectivity index (χ4n) is 2.29. The second-order valence-corrected chi connectivity index (χ2v) is 4.80. The van der Waals surface area contributed by atoms with E-state index in [2.05, 4.69) is 17.1 Å². The minimum Gasteiger partial charge on any atom is -0.497 e. The van der Waals surface area contributed by atoms with Crippen LogP contribution in [0, 0.1) is 0 Å². The topological polar surface area (TPSA) is 30.8 Å². The lowest BCUT2D eigenvalue weighted by molar-refractivity contribution is 0.225. The van der Waals surface area contributed by atoms with Gasteiger partial charge in [-0.05, 0) is 29.8 Å². The van der Waals surface area contributed by atoms with Gasteiger partial charge in [0.05, 0.1) is 13.7 Å². The second-order valence-electron chi connectivity index (χ2n) is 4.80. The van der Waals surface area contributed by atoms with Crippen molar-refractivity contribution in [2.75, 3.05) is 13.7 Å². The van der Waals surface area contributed by atoms with Crippen LogP contribution >= 0.6 is 0 Å². The molecule has 3 nitrogen and oxygen atoms in total. The number of ether oxygens (including phenoxy) is 2. The van der Waals surface area contributed by atoms with Gasteiger partial charge < -0.3 is 9.47 Å². The van der Waals surface area contributed by atoms with E-state index in [0.717, 1.165) is 30.2 Å². The van der Waals surface area contributed by atoms with Gasteiger partial charge in [0.15, 0.2) is 0 Å². The zero-order chi connectivity index (χ0) is 13.8. The lowest BCUT2D eigenvalue weighted by Crippen LogP contribution is -2.16. The molecule has 1 heterocycles. The molecule has 1 unspecified atom stereocenters. The van der Waals surface area contributed by atoms with E-state index in [0.29, 0.717) is 0 Å². The molecule has 2 aromatic rings. The van der Waals surface area contributed by atoms with Gasteiger partial charge in [0.1, 0.15) is 11.9 Å². The summed E-state index contributed by atoms with van der Waals surface area (Å²) in [5, 5.41) is 0. The predicted molar refractivity (Wildman–Crippen MR) is 79.4 cm³/mol. The average Bonchev–Trinajstić information content (AvgIpc) is 2.97. The molecule has 3 heteroatoms. The first-order valence-corrected chi connectivity index (χ1v) is 6.74. The van der Waals surface area contributed by atoms with Crippen molar-refractivity contribution in [2.24, 2.45) is 4.99 Å². The lowest BCUT2D eigenvalue weighted by Gasteiger charge is -2.11. The monoisotopic (exact) mass is 267 g/mol. The number of hydrogen-bond acceptors (Lipinski definition) is 3. The molecule has 0 saturated carbocycles. The number of methoxy groups -OCH3 is 1. The Bertz CT molecular complexity index is 590. The van der Waals surface area contributed by atoms with Crippen LogP contribution in [0.2, 0.25) is 0 Å². The van der Waals surface area contributed by atoms with Crippen molar-refractivity contribution in [1.82, 2.24) is 0 Å². The fourth-order valence-corrected chi connectivity index (χ4v) is 2.29. The molecule has 20 heavy (non-hydrogen) atoms. The highest BCUT2D eigenvalue weighted by Crippen LogP contribution is 2.18. The molecule has 3 rings (SSSR count). The van der Waals surface area contributed by atoms with Gasteiger partial charge in [-0.25, -0.2) is 4.99 Å². The first-order chi connectivity index (χ1) is 9.85. The van der Waals surface area contributed by atoms with Crippen molar-refractivity contribution in [1.29, 1.82) is 0 Å². The van der Waals surface area contributed by atoms with Crippen molar-refractivity contribution < 1.29 is 9.47 Å². The van der Waals surface area contributed by atoms with Gasteiger partial charge in [-0.1, -0.05) is 30.3 Å². The molecule has 1 aliphatic heterocycles. The number of nitrogens with zero attached hydrogens (tertiary/aromatic N) is 1. The Balaban J connectivity index is 1.61. The maximum absolute atomic E-state index is 5.93. The summed E-state index contributed by atoms with van der Waals surface area (Å²) in [5.74, 6) is 1.63. The molecule has 0 amide bonds. The number of benzene rings is 2. The van der Waals surface area contributed by atoms with E-state index in [9.17, 15) is 0 Å². The Labute approximate surface area is 118 Å². The van der Waals surface area contributed by atoms with Gasteiger partial charge in [-0.2, -0.15) is 0 Å². The van der Waals surface area contributed by atoms with Crippen LogP contribution in [0.4, 0.5) is 0 Å². The highest BCUT2D eigenvalue weighted by Gasteiger charge is 2.21. The largest absolute Gasteiger partial charge is 0.497 e. The summed E-state index contributed by atoms with van der Waals surface area (Å²) in [5.41, 5.74) is 2.28. The van der Waals surface area contributed by atoms with Crippen LogP contribution in [-0.2, 0) is 11.2 Å². The molecular formula is C17H17NO2. The van der Waals surface area contributed by atoms with Gasteiger partial charge in [0.25, 0.3) is 0 Å². The van der Waals surface area contributed by atoms with Crippen molar-refractivity contribution in [3.05, 3.63) is 65.7 Å². The average molecular weight is 267 g/mol. The molecule has 0 bridgehead atoms. The summed E-state index contributed by atoms with van der Waals surface area (Å²) in [6, 6.07) is 18.1. The maximum atomic E-state index is 5.93. The Kier molecular flexibility index (Phi) is 3.68. The highest BCUT2D eigenvalue weighted by atomic mass is 16.5. The second kappa shape index (κ2) is 5.78. The van der Waals surface area contributed by atoms with E-state index in [4.69, 9.17) is 9.47 Å². The minimum absolute atomic E-state index is 0.124. The summed E-state index contributed by atoms with van der Waals surface area (Å²) >= 11 is 0. The standard InChI is InChI=1S/C17H17NO2/c1-19-15-9-7-13(8-10-15)11-16-12-18-17(20-16)14-5-3-2-4-6-14/h2-10,16H,11-12H2,1H3. The molecule has 0 N–H and O–H groups in total. The first-order valence-electron chi connectivity index (χ1n) is 6.74. The van der Waals surface area contributed by atoms with Crippen LogP contribution < -0.4 is 4.74 Å². The van der Waals surface area contributed by atoms with Crippen molar-refractivity contribution >= 4 is 5.90 Å². The summed E-state index contributed by atoms with van der Waals surface area (Å²) in [7, 11) is 1.68. The SMILES string of the molecule is COc1ccc(CC2CN=C(c3ccccc3)O2)cc1. The minimum atomic E-state index is 0.124. The molecule has 0 aliphatic carbocycles. The van der Waals surface area contributed by atoms with Crippen molar-refractivity contribution in [3.8, 4) is 5.75 Å². The first kappa shape index (κ1) is 12.7. The number of hydrogen-bond donors (Lipinski definition) is 0. The van der Waals surface area contributed by atoms with E-state index in [1.54, 1.807) is 7.11 Å². The predicted octanol–water partition coefficient (Wildman–Crippen LogP) is 3.08. The van der Waals surface area contributed by atoms with Crippen LogP contribution in [0.25, 0.3) is 0 Å². The highest BCUT2D eigenvalue weighted by molar-refractivity contribution is 5.95. The van der Waals surface area contributed by atoms with Crippen LogP contribution in [0.5, 0.6) is 5.75 Å². The lowest BCUT2D eigenvalue weighted by atomic mass is 10.1. The van der Waals surface area contributed by atoms with Crippen molar-refractivity contribution in [2.45, 2.75) is 12.5 Å². The zero-order valence-corrected chi connectivity index (χ0v) is 11.5. The zero-order valence-electron chi connectivity index (χ0n) is 11.5. The van der Waals surface area contributed by atoms with Gasteiger partial charge in [0, 0.05) is 12.0 Å². The van der Waals surface area contributed by atoms with Crippen molar-refractivity contribution in [3.63, 3.8) is 0 Å². The smallest absolute Gasteiger partial charge is 0.216 e. The Hall–Kier alpha value is -2.29. The van der Waals surface area contributed by atoms with Gasteiger partial charge in [0.2, 0.25) is 5.90 Å². The van der Waals surface area contributed by atoms with Gasteiger partial charge in [-0.3, -0.25) is 0 Å². The Morgan fingerprint density at radius 3 is 2.55 bits per heavy atom. The third-order valence-electron chi connectivity index (χ3n) is 3.36. The summed E-state index contributed by atoms with van der Waals surface area (Å²) in [6.07, 6.45) is 0.989. The summed E-state index contributed by atoms with van der Waals surface area (Å²) in [6.45, 7) is 0.719. The quantitative estimate of drug-likeness (QED) is 0.852. The van der Waals surface area contributed by atoms with Gasteiger partial charge >= 0.3 is 0 Å². The molecule has 102 valence electrons. The number of rotatable bonds is 4. The van der Waals surface area contributed by atoms with Crippen LogP contribution in [0.1, 0.15) is 11.1 Å². The van der Waals surface area contributed by atoms with E-state index >= 15 is 0 Å². The normalized spacial score (nSPS) is 17.4. The van der Waals surface area contributed by atoms with E-state index < -0.39 is 0 Å². The molecule has 0 radical (unpaired) electrons. The molecule has 0 aromatic heterocycles. The maximum Gasteiger partial charge on any atom is 0.216 e. The van der Waals surface area contributed by atoms with Crippen LogP contribution in [-0.4, -0.2) is 25.7 Å².